The Bertz CT molecular complexity index is 1180. The van der Waals surface area contributed by atoms with E-state index in [9.17, 15) is 18.8 Å². The maximum absolute atomic E-state index is 13.3. The van der Waals surface area contributed by atoms with Gasteiger partial charge >= 0.3 is 0 Å². The maximum atomic E-state index is 13.3. The van der Waals surface area contributed by atoms with Crippen LogP contribution < -0.4 is 0 Å². The van der Waals surface area contributed by atoms with Gasteiger partial charge in [0.25, 0.3) is 5.91 Å². The molecule has 2 aromatic rings. The third-order valence-corrected chi connectivity index (χ3v) is 7.22. The highest BCUT2D eigenvalue weighted by atomic mass is 35.5. The summed E-state index contributed by atoms with van der Waals surface area (Å²) in [6, 6.07) is 11.5. The molecule has 0 aliphatic carbocycles. The first-order chi connectivity index (χ1) is 17.7. The minimum atomic E-state index is -0.261. The van der Waals surface area contributed by atoms with Crippen LogP contribution in [0.5, 0.6) is 0 Å². The molecule has 0 radical (unpaired) electrons. The van der Waals surface area contributed by atoms with E-state index in [1.807, 2.05) is 0 Å². The number of carbonyl (C=O) groups excluding carboxylic acids is 3. The zero-order valence-corrected chi connectivity index (χ0v) is 22.0. The number of nitrogens with zero attached hydrogens (tertiary/aromatic N) is 4. The summed E-state index contributed by atoms with van der Waals surface area (Å²) >= 11 is 6.18. The lowest BCUT2D eigenvalue weighted by molar-refractivity contribution is -0.130. The van der Waals surface area contributed by atoms with Gasteiger partial charge in [-0.05, 0) is 42.8 Å². The Morgan fingerprint density at radius 1 is 0.946 bits per heavy atom. The third kappa shape index (κ3) is 6.76. The predicted octanol–water partition coefficient (Wildman–Crippen LogP) is 3.69. The van der Waals surface area contributed by atoms with Crippen LogP contribution in [0, 0.1) is 5.82 Å². The lowest BCUT2D eigenvalue weighted by atomic mass is 10.0. The third-order valence-electron chi connectivity index (χ3n) is 6.99. The van der Waals surface area contributed by atoms with Crippen LogP contribution in [-0.2, 0) is 11.3 Å². The lowest BCUT2D eigenvalue weighted by Crippen LogP contribution is -2.50. The smallest absolute Gasteiger partial charge is 0.254 e. The molecular formula is C28H32ClFN4O3. The summed E-state index contributed by atoms with van der Waals surface area (Å²) < 4.78 is 13.2. The molecule has 0 spiro atoms. The van der Waals surface area contributed by atoms with Crippen LogP contribution in [0.1, 0.15) is 40.1 Å². The molecule has 2 heterocycles. The molecule has 2 aliphatic rings. The van der Waals surface area contributed by atoms with Gasteiger partial charge in [-0.15, -0.1) is 0 Å². The summed E-state index contributed by atoms with van der Waals surface area (Å²) in [5.41, 5.74) is 1.65. The van der Waals surface area contributed by atoms with Crippen LogP contribution in [0.4, 0.5) is 4.39 Å². The molecule has 2 amide bonds. The highest BCUT2D eigenvalue weighted by Crippen LogP contribution is 2.21. The molecule has 2 aromatic carbocycles. The zero-order valence-electron chi connectivity index (χ0n) is 21.2. The van der Waals surface area contributed by atoms with Crippen LogP contribution >= 0.6 is 11.6 Å². The number of benzene rings is 2. The molecule has 0 aromatic heterocycles. The Hall–Kier alpha value is -3.23. The second-order valence-electron chi connectivity index (χ2n) is 9.62. The standard InChI is InChI=1S/C28H32ClFN4O3/c1-20-18-31(19-22-3-6-24(30)7-4-22)11-12-32(20)10-9-27(36)25-8-5-23(29)17-26(25)28(37)34-15-13-33(14-16-34)21(2)35/h3-10,17,20H,11-16,18-19H2,1-2H3/b10-9+/t20-/m1/s1. The van der Waals surface area contributed by atoms with E-state index in [-0.39, 0.29) is 35.0 Å². The molecule has 0 bridgehead atoms. The quantitative estimate of drug-likeness (QED) is 0.424. The molecule has 2 aliphatic heterocycles. The topological polar surface area (TPSA) is 64.2 Å². The normalized spacial score (nSPS) is 18.9. The Labute approximate surface area is 222 Å². The van der Waals surface area contributed by atoms with Crippen molar-refractivity contribution in [1.29, 1.82) is 0 Å². The monoisotopic (exact) mass is 526 g/mol. The summed E-state index contributed by atoms with van der Waals surface area (Å²) in [5.74, 6) is -0.771. The number of halogens is 2. The summed E-state index contributed by atoms with van der Waals surface area (Å²) in [6.45, 7) is 8.50. The van der Waals surface area contributed by atoms with Crippen molar-refractivity contribution in [3.05, 3.63) is 82.3 Å². The Kier molecular flexibility index (Phi) is 8.61. The fourth-order valence-electron chi connectivity index (χ4n) is 4.82. The largest absolute Gasteiger partial charge is 0.372 e. The first-order valence-corrected chi connectivity index (χ1v) is 12.9. The van der Waals surface area contributed by atoms with Gasteiger partial charge in [-0.2, -0.15) is 0 Å². The van der Waals surface area contributed by atoms with Crippen LogP contribution in [0.3, 0.4) is 0 Å². The summed E-state index contributed by atoms with van der Waals surface area (Å²) in [7, 11) is 0. The average molecular weight is 527 g/mol. The van der Waals surface area contributed by atoms with Gasteiger partial charge in [0.1, 0.15) is 5.82 Å². The fourth-order valence-corrected chi connectivity index (χ4v) is 4.99. The first-order valence-electron chi connectivity index (χ1n) is 12.5. The summed E-state index contributed by atoms with van der Waals surface area (Å²) in [4.78, 5) is 45.8. The Balaban J connectivity index is 1.39. The number of rotatable bonds is 6. The number of hydrogen-bond acceptors (Lipinski definition) is 5. The number of hydrogen-bond donors (Lipinski definition) is 0. The molecule has 9 heteroatoms. The van der Waals surface area contributed by atoms with Crippen LogP contribution in [0.15, 0.2) is 54.7 Å². The van der Waals surface area contributed by atoms with Gasteiger partial charge in [-0.25, -0.2) is 4.39 Å². The van der Waals surface area contributed by atoms with Gasteiger partial charge in [0.2, 0.25) is 5.91 Å². The second kappa shape index (κ2) is 11.9. The molecule has 2 fully saturated rings. The van der Waals surface area contributed by atoms with Gasteiger partial charge < -0.3 is 14.7 Å². The van der Waals surface area contributed by atoms with Crippen molar-refractivity contribution >= 4 is 29.2 Å². The summed E-state index contributed by atoms with van der Waals surface area (Å²) in [5, 5.41) is 0.386. The van der Waals surface area contributed by atoms with Crippen molar-refractivity contribution in [1.82, 2.24) is 19.6 Å². The predicted molar refractivity (Wildman–Crippen MR) is 141 cm³/mol. The van der Waals surface area contributed by atoms with Gasteiger partial charge in [-0.3, -0.25) is 19.3 Å². The number of amides is 2. The lowest BCUT2D eigenvalue weighted by Gasteiger charge is -2.39. The highest BCUT2D eigenvalue weighted by molar-refractivity contribution is 6.31. The Morgan fingerprint density at radius 3 is 2.27 bits per heavy atom. The number of carbonyl (C=O) groups is 3. The van der Waals surface area contributed by atoms with E-state index in [0.29, 0.717) is 36.8 Å². The van der Waals surface area contributed by atoms with Crippen LogP contribution in [0.2, 0.25) is 5.02 Å². The SMILES string of the molecule is CC(=O)N1CCN(C(=O)c2cc(Cl)ccc2C(=O)/C=C/N2CCN(Cc3ccc(F)cc3)C[C@H]2C)CC1. The van der Waals surface area contributed by atoms with Gasteiger partial charge in [0, 0.05) is 88.2 Å². The molecule has 0 saturated carbocycles. The fraction of sp³-hybridized carbons (Fsp3) is 0.393. The van der Waals surface area contributed by atoms with Crippen LogP contribution in [-0.4, -0.2) is 89.1 Å². The van der Waals surface area contributed by atoms with Crippen molar-refractivity contribution in [2.75, 3.05) is 45.8 Å². The second-order valence-corrected chi connectivity index (χ2v) is 10.1. The van der Waals surface area contributed by atoms with Crippen LogP contribution in [0.25, 0.3) is 0 Å². The first kappa shape index (κ1) is 26.8. The average Bonchev–Trinajstić information content (AvgIpc) is 2.89. The van der Waals surface area contributed by atoms with Gasteiger partial charge in [0.05, 0.1) is 5.56 Å². The van der Waals surface area contributed by atoms with Gasteiger partial charge in [0.15, 0.2) is 5.78 Å². The van der Waals surface area contributed by atoms with Crippen molar-refractivity contribution in [3.8, 4) is 0 Å². The van der Waals surface area contributed by atoms with Gasteiger partial charge in [-0.1, -0.05) is 23.7 Å². The zero-order chi connectivity index (χ0) is 26.5. The molecule has 0 N–H and O–H groups in total. The molecule has 2 saturated heterocycles. The molecule has 4 rings (SSSR count). The van der Waals surface area contributed by atoms with E-state index in [2.05, 4.69) is 16.7 Å². The molecule has 1 atom stereocenters. The summed E-state index contributed by atoms with van der Waals surface area (Å²) in [6.07, 6.45) is 3.32. The number of allylic oxidation sites excluding steroid dienone is 1. The minimum absolute atomic E-state index is 0.0126. The van der Waals surface area contributed by atoms with Crippen molar-refractivity contribution in [2.24, 2.45) is 0 Å². The number of piperazine rings is 2. The maximum Gasteiger partial charge on any atom is 0.254 e. The van der Waals surface area contributed by atoms with Crippen molar-refractivity contribution in [3.63, 3.8) is 0 Å². The minimum Gasteiger partial charge on any atom is -0.372 e. The molecule has 37 heavy (non-hydrogen) atoms. The van der Waals surface area contributed by atoms with E-state index in [0.717, 1.165) is 31.7 Å². The molecule has 196 valence electrons. The van der Waals surface area contributed by atoms with E-state index in [4.69, 9.17) is 11.6 Å². The van der Waals surface area contributed by atoms with E-state index in [1.54, 1.807) is 46.3 Å². The molecule has 7 nitrogen and oxygen atoms in total. The Morgan fingerprint density at radius 2 is 1.62 bits per heavy atom. The van der Waals surface area contributed by atoms with E-state index >= 15 is 0 Å². The van der Waals surface area contributed by atoms with E-state index in [1.165, 1.54) is 25.1 Å². The molecular weight excluding hydrogens is 495 g/mol. The molecule has 0 unspecified atom stereocenters. The highest BCUT2D eigenvalue weighted by Gasteiger charge is 2.27. The van der Waals surface area contributed by atoms with Crippen molar-refractivity contribution in [2.45, 2.75) is 26.4 Å². The number of ketones is 1. The van der Waals surface area contributed by atoms with Crippen molar-refractivity contribution < 1.29 is 18.8 Å². The van der Waals surface area contributed by atoms with E-state index < -0.39 is 0 Å².